The number of aldehydes is 1. The van der Waals surface area contributed by atoms with Crippen molar-refractivity contribution < 1.29 is 14.7 Å². The molecule has 9 heavy (non-hydrogen) atoms. The first kappa shape index (κ1) is 7.61. The number of carboxylic acid groups (broad SMARTS) is 1. The average molecular weight is 130 g/mol. The van der Waals surface area contributed by atoms with Crippen molar-refractivity contribution in [3.8, 4) is 0 Å². The summed E-state index contributed by atoms with van der Waals surface area (Å²) < 4.78 is 0. The molecule has 3 N–H and O–H groups in total. The van der Waals surface area contributed by atoms with Gasteiger partial charge in [-0.15, -0.1) is 0 Å². The molecule has 0 aromatic heterocycles. The van der Waals surface area contributed by atoms with Gasteiger partial charge in [0.1, 0.15) is 6.29 Å². The molecule has 0 heterocycles. The zero-order valence-corrected chi connectivity index (χ0v) is 4.57. The summed E-state index contributed by atoms with van der Waals surface area (Å²) in [6.45, 7) is 0. The molecule has 0 aliphatic heterocycles. The number of carbonyl (C=O) groups is 2. The number of nitrogens with two attached hydrogens (primary N) is 1. The van der Waals surface area contributed by atoms with Crippen molar-refractivity contribution in [2.45, 2.75) is 6.42 Å². The fourth-order valence-corrected chi connectivity index (χ4v) is 0.274. The molecule has 5 heteroatoms. The minimum Gasteiger partial charge on any atom is -0.477 e. The molecule has 0 atom stereocenters. The summed E-state index contributed by atoms with van der Waals surface area (Å²) >= 11 is 0. The molecule has 0 aliphatic carbocycles. The van der Waals surface area contributed by atoms with Crippen LogP contribution in [0.5, 0.6) is 0 Å². The van der Waals surface area contributed by atoms with Gasteiger partial charge in [-0.05, 0) is 0 Å². The normalized spacial score (nSPS) is 10.9. The summed E-state index contributed by atoms with van der Waals surface area (Å²) in [4.78, 5) is 19.6. The van der Waals surface area contributed by atoms with E-state index >= 15 is 0 Å². The minimum atomic E-state index is -1.26. The van der Waals surface area contributed by atoms with Crippen molar-refractivity contribution >= 4 is 18.0 Å². The third-order valence-corrected chi connectivity index (χ3v) is 0.679. The van der Waals surface area contributed by atoms with E-state index in [0.717, 1.165) is 0 Å². The fraction of sp³-hybridized carbons (Fsp3) is 0.250. The van der Waals surface area contributed by atoms with E-state index in [2.05, 4.69) is 10.9 Å². The minimum absolute atomic E-state index is 0.244. The second kappa shape index (κ2) is 3.59. The van der Waals surface area contributed by atoms with Gasteiger partial charge in [0.2, 0.25) is 0 Å². The topological polar surface area (TPSA) is 92.8 Å². The van der Waals surface area contributed by atoms with Crippen molar-refractivity contribution in [2.24, 2.45) is 10.9 Å². The molecule has 0 saturated heterocycles. The third kappa shape index (κ3) is 2.43. The van der Waals surface area contributed by atoms with Crippen LogP contribution in [0.2, 0.25) is 0 Å². The summed E-state index contributed by atoms with van der Waals surface area (Å²) in [5, 5.41) is 11.0. The number of carbonyl (C=O) groups excluding carboxylic acids is 1. The molecule has 0 bridgehead atoms. The summed E-state index contributed by atoms with van der Waals surface area (Å²) in [6.07, 6.45) is 0.186. The molecule has 0 aromatic carbocycles. The number of rotatable bonds is 3. The Morgan fingerprint density at radius 2 is 2.33 bits per heavy atom. The van der Waals surface area contributed by atoms with Crippen LogP contribution in [0.15, 0.2) is 5.10 Å². The first-order valence-electron chi connectivity index (χ1n) is 2.16. The SMILES string of the molecule is NN=C(CC=O)C(=O)O. The maximum atomic E-state index is 9.95. The lowest BCUT2D eigenvalue weighted by Gasteiger charge is -1.88. The number of aliphatic carboxylic acids is 1. The van der Waals surface area contributed by atoms with Crippen LogP contribution >= 0.6 is 0 Å². The quantitative estimate of drug-likeness (QED) is 0.221. The monoisotopic (exact) mass is 130 g/mol. The van der Waals surface area contributed by atoms with Crippen LogP contribution in [0.25, 0.3) is 0 Å². The first-order valence-corrected chi connectivity index (χ1v) is 2.16. The maximum absolute atomic E-state index is 9.95. The van der Waals surface area contributed by atoms with Gasteiger partial charge in [-0.2, -0.15) is 5.10 Å². The van der Waals surface area contributed by atoms with E-state index in [-0.39, 0.29) is 12.1 Å². The molecule has 0 spiro atoms. The predicted molar refractivity (Wildman–Crippen MR) is 29.9 cm³/mol. The van der Waals surface area contributed by atoms with Crippen LogP contribution in [0.3, 0.4) is 0 Å². The molecular formula is C4H6N2O3. The van der Waals surface area contributed by atoms with Crippen LogP contribution in [-0.4, -0.2) is 23.1 Å². The lowest BCUT2D eigenvalue weighted by molar-refractivity contribution is -0.129. The average Bonchev–Trinajstić information content (AvgIpc) is 1.82. The molecule has 5 nitrogen and oxygen atoms in total. The largest absolute Gasteiger partial charge is 0.477 e. The molecule has 0 aromatic rings. The number of hydrogen-bond donors (Lipinski definition) is 2. The smallest absolute Gasteiger partial charge is 0.352 e. The van der Waals surface area contributed by atoms with Crippen molar-refractivity contribution in [1.29, 1.82) is 0 Å². The van der Waals surface area contributed by atoms with Gasteiger partial charge in [-0.1, -0.05) is 0 Å². The Balaban J connectivity index is 4.00. The Morgan fingerprint density at radius 1 is 1.78 bits per heavy atom. The second-order valence-corrected chi connectivity index (χ2v) is 1.25. The zero-order valence-electron chi connectivity index (χ0n) is 4.57. The van der Waals surface area contributed by atoms with Gasteiger partial charge < -0.3 is 15.7 Å². The standard InChI is InChI=1S/C4H6N2O3/c5-6-3(1-2-7)4(8)9/h2H,1,5H2,(H,8,9). The molecule has 0 amide bonds. The van der Waals surface area contributed by atoms with E-state index in [4.69, 9.17) is 5.11 Å². The highest BCUT2D eigenvalue weighted by molar-refractivity contribution is 6.37. The van der Waals surface area contributed by atoms with E-state index in [0.29, 0.717) is 6.29 Å². The highest BCUT2D eigenvalue weighted by Crippen LogP contribution is 1.79. The number of carboxylic acids is 1. The van der Waals surface area contributed by atoms with Gasteiger partial charge in [0.15, 0.2) is 5.71 Å². The van der Waals surface area contributed by atoms with Crippen LogP contribution in [-0.2, 0) is 9.59 Å². The van der Waals surface area contributed by atoms with Gasteiger partial charge in [-0.3, -0.25) is 0 Å². The van der Waals surface area contributed by atoms with E-state index in [1.807, 2.05) is 0 Å². The summed E-state index contributed by atoms with van der Waals surface area (Å²) in [5.41, 5.74) is -0.329. The predicted octanol–water partition coefficient (Wildman–Crippen LogP) is -1.03. The van der Waals surface area contributed by atoms with Crippen molar-refractivity contribution in [3.63, 3.8) is 0 Å². The van der Waals surface area contributed by atoms with Crippen LogP contribution < -0.4 is 5.84 Å². The number of nitrogens with zero attached hydrogens (tertiary/aromatic N) is 1. The Bertz CT molecular complexity index is 152. The third-order valence-electron chi connectivity index (χ3n) is 0.679. The Labute approximate surface area is 51.2 Å². The lowest BCUT2D eigenvalue weighted by Crippen LogP contribution is -2.15. The molecule has 50 valence electrons. The van der Waals surface area contributed by atoms with Crippen LogP contribution in [0.4, 0.5) is 0 Å². The summed E-state index contributed by atoms with van der Waals surface area (Å²) in [5.74, 6) is 3.35. The molecule has 0 aliphatic rings. The Morgan fingerprint density at radius 3 is 2.44 bits per heavy atom. The second-order valence-electron chi connectivity index (χ2n) is 1.25. The maximum Gasteiger partial charge on any atom is 0.352 e. The van der Waals surface area contributed by atoms with Gasteiger partial charge in [0, 0.05) is 0 Å². The number of hydrazone groups is 1. The van der Waals surface area contributed by atoms with E-state index in [1.165, 1.54) is 0 Å². The molecule has 0 unspecified atom stereocenters. The van der Waals surface area contributed by atoms with Gasteiger partial charge in [0.25, 0.3) is 0 Å². The first-order chi connectivity index (χ1) is 4.22. The van der Waals surface area contributed by atoms with Gasteiger partial charge in [-0.25, -0.2) is 4.79 Å². The van der Waals surface area contributed by atoms with E-state index < -0.39 is 5.97 Å². The highest BCUT2D eigenvalue weighted by atomic mass is 16.4. The highest BCUT2D eigenvalue weighted by Gasteiger charge is 2.06. The zero-order chi connectivity index (χ0) is 7.28. The Hall–Kier alpha value is -1.39. The van der Waals surface area contributed by atoms with Crippen LogP contribution in [0, 0.1) is 0 Å². The van der Waals surface area contributed by atoms with Crippen LogP contribution in [0.1, 0.15) is 6.42 Å². The van der Waals surface area contributed by atoms with Crippen molar-refractivity contribution in [3.05, 3.63) is 0 Å². The number of hydrogen-bond acceptors (Lipinski definition) is 4. The molecule has 0 radical (unpaired) electrons. The molecule has 0 saturated carbocycles. The lowest BCUT2D eigenvalue weighted by atomic mass is 10.3. The molecular weight excluding hydrogens is 124 g/mol. The Kier molecular flexibility index (Phi) is 3.04. The fourth-order valence-electron chi connectivity index (χ4n) is 0.274. The van der Waals surface area contributed by atoms with Crippen molar-refractivity contribution in [1.82, 2.24) is 0 Å². The summed E-state index contributed by atoms with van der Waals surface area (Å²) in [7, 11) is 0. The van der Waals surface area contributed by atoms with Crippen molar-refractivity contribution in [2.75, 3.05) is 0 Å². The van der Waals surface area contributed by atoms with E-state index in [9.17, 15) is 9.59 Å². The van der Waals surface area contributed by atoms with Gasteiger partial charge in [0.05, 0.1) is 6.42 Å². The summed E-state index contributed by atoms with van der Waals surface area (Å²) in [6, 6.07) is 0. The molecule has 0 rings (SSSR count). The van der Waals surface area contributed by atoms with Gasteiger partial charge >= 0.3 is 5.97 Å². The van der Waals surface area contributed by atoms with E-state index in [1.54, 1.807) is 0 Å². The molecule has 0 fully saturated rings.